The quantitative estimate of drug-likeness (QED) is 0.824. The first-order valence-electron chi connectivity index (χ1n) is 5.60. The fourth-order valence-electron chi connectivity index (χ4n) is 1.89. The summed E-state index contributed by atoms with van der Waals surface area (Å²) in [4.78, 5) is 0. The molecule has 0 fully saturated rings. The molecule has 0 aliphatic heterocycles. The molecule has 0 saturated heterocycles. The monoisotopic (exact) mass is 223 g/mol. The topological polar surface area (TPSA) is 55.5 Å². The minimum atomic E-state index is 0.248. The summed E-state index contributed by atoms with van der Waals surface area (Å²) in [6, 6.07) is 1.91. The van der Waals surface area contributed by atoms with E-state index in [0.717, 1.165) is 28.9 Å². The third-order valence-electron chi connectivity index (χ3n) is 3.20. The number of methoxy groups -OCH3 is 1. The van der Waals surface area contributed by atoms with Gasteiger partial charge in [0, 0.05) is 5.56 Å². The molecule has 0 heterocycles. The number of rotatable bonds is 4. The molecule has 3 N–H and O–H groups in total. The molecule has 0 aliphatic carbocycles. The van der Waals surface area contributed by atoms with E-state index in [-0.39, 0.29) is 5.92 Å². The Morgan fingerprint density at radius 1 is 1.38 bits per heavy atom. The van der Waals surface area contributed by atoms with Gasteiger partial charge in [0.05, 0.1) is 7.11 Å². The minimum Gasteiger partial charge on any atom is -0.507 e. The Morgan fingerprint density at radius 2 is 2.00 bits per heavy atom. The van der Waals surface area contributed by atoms with Gasteiger partial charge < -0.3 is 15.6 Å². The molecule has 0 aromatic heterocycles. The Morgan fingerprint density at radius 3 is 2.50 bits per heavy atom. The van der Waals surface area contributed by atoms with Crippen molar-refractivity contribution in [3.8, 4) is 11.5 Å². The van der Waals surface area contributed by atoms with Crippen LogP contribution in [0.25, 0.3) is 0 Å². The van der Waals surface area contributed by atoms with Crippen LogP contribution in [0.1, 0.15) is 36.0 Å². The van der Waals surface area contributed by atoms with Crippen molar-refractivity contribution in [2.45, 2.75) is 33.1 Å². The average Bonchev–Trinajstić information content (AvgIpc) is 2.27. The zero-order valence-electron chi connectivity index (χ0n) is 10.5. The van der Waals surface area contributed by atoms with Gasteiger partial charge in [-0.15, -0.1) is 0 Å². The lowest BCUT2D eigenvalue weighted by Crippen LogP contribution is -2.06. The Labute approximate surface area is 97.2 Å². The maximum atomic E-state index is 10.1. The van der Waals surface area contributed by atoms with Gasteiger partial charge in [-0.25, -0.2) is 0 Å². The number of benzene rings is 1. The van der Waals surface area contributed by atoms with Crippen LogP contribution >= 0.6 is 0 Å². The Bertz CT molecular complexity index is 375. The van der Waals surface area contributed by atoms with Crippen LogP contribution in [0.4, 0.5) is 0 Å². The molecule has 0 saturated carbocycles. The summed E-state index contributed by atoms with van der Waals surface area (Å²) in [5.41, 5.74) is 8.34. The van der Waals surface area contributed by atoms with Crippen molar-refractivity contribution in [3.63, 3.8) is 0 Å². The van der Waals surface area contributed by atoms with Crippen LogP contribution in [0, 0.1) is 13.8 Å². The molecule has 0 spiro atoms. The average molecular weight is 223 g/mol. The highest BCUT2D eigenvalue weighted by molar-refractivity contribution is 5.52. The van der Waals surface area contributed by atoms with Gasteiger partial charge in [-0.05, 0) is 49.9 Å². The van der Waals surface area contributed by atoms with Crippen LogP contribution in [0.15, 0.2) is 6.07 Å². The second kappa shape index (κ2) is 5.21. The largest absolute Gasteiger partial charge is 0.507 e. The zero-order chi connectivity index (χ0) is 12.3. The summed E-state index contributed by atoms with van der Waals surface area (Å²) in [6.45, 7) is 6.54. The zero-order valence-corrected chi connectivity index (χ0v) is 10.5. The van der Waals surface area contributed by atoms with Crippen molar-refractivity contribution in [2.24, 2.45) is 5.73 Å². The Balaban J connectivity index is 3.24. The fraction of sp³-hybridized carbons (Fsp3) is 0.538. The predicted molar refractivity (Wildman–Crippen MR) is 66.2 cm³/mol. The molecule has 1 atom stereocenters. The van der Waals surface area contributed by atoms with E-state index < -0.39 is 0 Å². The molecule has 1 aromatic carbocycles. The first-order valence-corrected chi connectivity index (χ1v) is 5.60. The molecular formula is C13H21NO2. The lowest BCUT2D eigenvalue weighted by molar-refractivity contribution is 0.404. The van der Waals surface area contributed by atoms with Crippen LogP contribution in [-0.2, 0) is 0 Å². The smallest absolute Gasteiger partial charge is 0.122 e. The van der Waals surface area contributed by atoms with Gasteiger partial charge in [0.1, 0.15) is 11.5 Å². The second-order valence-corrected chi connectivity index (χ2v) is 4.25. The number of phenolic OH excluding ortho intramolecular Hbond substituents is 1. The molecule has 90 valence electrons. The molecule has 0 aliphatic rings. The predicted octanol–water partition coefficient (Wildman–Crippen LogP) is 2.47. The number of phenols is 1. The molecule has 0 amide bonds. The summed E-state index contributed by atoms with van der Waals surface area (Å²) in [5, 5.41) is 10.1. The van der Waals surface area contributed by atoms with E-state index >= 15 is 0 Å². The van der Waals surface area contributed by atoms with Gasteiger partial charge in [-0.3, -0.25) is 0 Å². The first kappa shape index (κ1) is 12.8. The highest BCUT2D eigenvalue weighted by Gasteiger charge is 2.16. The molecule has 1 rings (SSSR count). The molecule has 16 heavy (non-hydrogen) atoms. The van der Waals surface area contributed by atoms with E-state index in [4.69, 9.17) is 10.5 Å². The standard InChI is InChI=1S/C13H21NO2/c1-8(5-6-14)11-7-12(16-4)9(2)10(3)13(11)15/h7-8,15H,5-6,14H2,1-4H3. The van der Waals surface area contributed by atoms with Gasteiger partial charge in [-0.2, -0.15) is 0 Å². The van der Waals surface area contributed by atoms with Gasteiger partial charge >= 0.3 is 0 Å². The summed E-state index contributed by atoms with van der Waals surface area (Å²) < 4.78 is 5.31. The van der Waals surface area contributed by atoms with Gasteiger partial charge in [0.25, 0.3) is 0 Å². The van der Waals surface area contributed by atoms with Crippen LogP contribution in [0.2, 0.25) is 0 Å². The van der Waals surface area contributed by atoms with E-state index in [9.17, 15) is 5.11 Å². The van der Waals surface area contributed by atoms with Gasteiger partial charge in [-0.1, -0.05) is 6.92 Å². The minimum absolute atomic E-state index is 0.248. The van der Waals surface area contributed by atoms with Crippen LogP contribution in [0.5, 0.6) is 11.5 Å². The third-order valence-corrected chi connectivity index (χ3v) is 3.20. The van der Waals surface area contributed by atoms with Crippen LogP contribution < -0.4 is 10.5 Å². The van der Waals surface area contributed by atoms with Gasteiger partial charge in [0.2, 0.25) is 0 Å². The first-order chi connectivity index (χ1) is 7.52. The highest BCUT2D eigenvalue weighted by Crippen LogP contribution is 2.37. The van der Waals surface area contributed by atoms with Crippen molar-refractivity contribution in [2.75, 3.05) is 13.7 Å². The van der Waals surface area contributed by atoms with E-state index in [0.29, 0.717) is 12.3 Å². The second-order valence-electron chi connectivity index (χ2n) is 4.25. The number of hydrogen-bond donors (Lipinski definition) is 2. The van der Waals surface area contributed by atoms with E-state index in [1.807, 2.05) is 19.9 Å². The summed E-state index contributed by atoms with van der Waals surface area (Å²) >= 11 is 0. The number of nitrogens with two attached hydrogens (primary N) is 1. The third kappa shape index (κ3) is 2.30. The molecule has 0 bridgehead atoms. The molecule has 1 unspecified atom stereocenters. The normalized spacial score (nSPS) is 12.6. The van der Waals surface area contributed by atoms with Gasteiger partial charge in [0.15, 0.2) is 0 Å². The van der Waals surface area contributed by atoms with Crippen molar-refractivity contribution >= 4 is 0 Å². The molecule has 0 radical (unpaired) electrons. The maximum Gasteiger partial charge on any atom is 0.122 e. The SMILES string of the molecule is COc1cc(C(C)CCN)c(O)c(C)c1C. The summed E-state index contributed by atoms with van der Waals surface area (Å²) in [5.74, 6) is 1.45. The maximum absolute atomic E-state index is 10.1. The van der Waals surface area contributed by atoms with E-state index in [1.54, 1.807) is 7.11 Å². The number of aromatic hydroxyl groups is 1. The lowest BCUT2D eigenvalue weighted by atomic mass is 9.92. The van der Waals surface area contributed by atoms with Crippen molar-refractivity contribution in [1.82, 2.24) is 0 Å². The summed E-state index contributed by atoms with van der Waals surface area (Å²) in [6.07, 6.45) is 0.860. The molecule has 3 heteroatoms. The molecule has 1 aromatic rings. The molecule has 3 nitrogen and oxygen atoms in total. The van der Waals surface area contributed by atoms with Crippen molar-refractivity contribution in [1.29, 1.82) is 0 Å². The Hall–Kier alpha value is -1.22. The Kier molecular flexibility index (Phi) is 4.19. The molecular weight excluding hydrogens is 202 g/mol. The van der Waals surface area contributed by atoms with Crippen LogP contribution in [0.3, 0.4) is 0 Å². The fourth-order valence-corrected chi connectivity index (χ4v) is 1.89. The van der Waals surface area contributed by atoms with Crippen molar-refractivity contribution in [3.05, 3.63) is 22.8 Å². The van der Waals surface area contributed by atoms with Crippen LogP contribution in [-0.4, -0.2) is 18.8 Å². The number of hydrogen-bond acceptors (Lipinski definition) is 3. The summed E-state index contributed by atoms with van der Waals surface area (Å²) in [7, 11) is 1.65. The van der Waals surface area contributed by atoms with E-state index in [1.165, 1.54) is 0 Å². The van der Waals surface area contributed by atoms with E-state index in [2.05, 4.69) is 6.92 Å². The lowest BCUT2D eigenvalue weighted by Gasteiger charge is -2.18. The number of ether oxygens (including phenoxy) is 1. The highest BCUT2D eigenvalue weighted by atomic mass is 16.5. The van der Waals surface area contributed by atoms with Crippen molar-refractivity contribution < 1.29 is 9.84 Å².